The third-order valence-corrected chi connectivity index (χ3v) is 2.01. The van der Waals surface area contributed by atoms with E-state index in [-0.39, 0.29) is 24.7 Å². The first kappa shape index (κ1) is 9.32. The van der Waals surface area contributed by atoms with Crippen molar-refractivity contribution in [2.75, 3.05) is 19.8 Å². The second-order valence-corrected chi connectivity index (χ2v) is 3.37. The summed E-state index contributed by atoms with van der Waals surface area (Å²) in [6.45, 7) is 4.89. The van der Waals surface area contributed by atoms with Crippen molar-refractivity contribution in [3.8, 4) is 0 Å². The molecule has 0 aromatic rings. The molecule has 0 aliphatic carbocycles. The molecule has 0 saturated carbocycles. The lowest BCUT2D eigenvalue weighted by Gasteiger charge is -2.33. The summed E-state index contributed by atoms with van der Waals surface area (Å²) in [5.74, 6) is 0.0742. The van der Waals surface area contributed by atoms with Crippen molar-refractivity contribution in [2.24, 2.45) is 5.92 Å². The predicted molar refractivity (Wildman–Crippen MR) is 43.8 cm³/mol. The van der Waals surface area contributed by atoms with E-state index in [2.05, 4.69) is 0 Å². The van der Waals surface area contributed by atoms with Crippen LogP contribution < -0.4 is 0 Å². The normalized spacial score (nSPS) is 24.5. The first-order valence-electron chi connectivity index (χ1n) is 4.19. The number of ether oxygens (including phenoxy) is 1. The van der Waals surface area contributed by atoms with Crippen LogP contribution in [0.2, 0.25) is 0 Å². The van der Waals surface area contributed by atoms with E-state index in [0.29, 0.717) is 13.2 Å². The zero-order chi connectivity index (χ0) is 9.14. The number of hydrogen-bond donors (Lipinski definition) is 1. The van der Waals surface area contributed by atoms with E-state index in [0.717, 1.165) is 0 Å². The van der Waals surface area contributed by atoms with E-state index in [9.17, 15) is 4.79 Å². The first-order valence-corrected chi connectivity index (χ1v) is 4.19. The Morgan fingerprint density at radius 2 is 2.42 bits per heavy atom. The molecule has 12 heavy (non-hydrogen) atoms. The summed E-state index contributed by atoms with van der Waals surface area (Å²) >= 11 is 0. The van der Waals surface area contributed by atoms with Crippen LogP contribution in [0.15, 0.2) is 0 Å². The molecule has 1 atom stereocenters. The Balaban J connectivity index is 2.53. The van der Waals surface area contributed by atoms with E-state index in [1.165, 1.54) is 0 Å². The Labute approximate surface area is 72.1 Å². The van der Waals surface area contributed by atoms with Gasteiger partial charge < -0.3 is 14.7 Å². The molecule has 4 heteroatoms. The lowest BCUT2D eigenvalue weighted by molar-refractivity contribution is 0.0149. The lowest BCUT2D eigenvalue weighted by atomic mass is 10.1. The SMILES string of the molecule is CC(C)N1CC(CO)COC1=O. The Morgan fingerprint density at radius 1 is 1.75 bits per heavy atom. The number of rotatable bonds is 2. The standard InChI is InChI=1S/C8H15NO3/c1-6(2)9-3-7(4-10)5-12-8(9)11/h6-7,10H,3-5H2,1-2H3. The van der Waals surface area contributed by atoms with E-state index in [4.69, 9.17) is 9.84 Å². The predicted octanol–water partition coefficient (Wildman–Crippen LogP) is 0.456. The average molecular weight is 173 g/mol. The summed E-state index contributed by atoms with van der Waals surface area (Å²) in [5.41, 5.74) is 0. The highest BCUT2D eigenvalue weighted by Crippen LogP contribution is 2.13. The zero-order valence-electron chi connectivity index (χ0n) is 7.49. The molecule has 1 fully saturated rings. The summed E-state index contributed by atoms with van der Waals surface area (Å²) in [5, 5.41) is 8.86. The molecule has 1 N–H and O–H groups in total. The fraction of sp³-hybridized carbons (Fsp3) is 0.875. The van der Waals surface area contributed by atoms with Gasteiger partial charge in [-0.25, -0.2) is 4.79 Å². The Morgan fingerprint density at radius 3 is 2.92 bits per heavy atom. The van der Waals surface area contributed by atoms with Gasteiger partial charge in [0, 0.05) is 18.5 Å². The van der Waals surface area contributed by atoms with Crippen LogP contribution in [-0.4, -0.2) is 41.9 Å². The van der Waals surface area contributed by atoms with Gasteiger partial charge in [0.25, 0.3) is 0 Å². The lowest BCUT2D eigenvalue weighted by Crippen LogP contribution is -2.47. The molecule has 1 heterocycles. The van der Waals surface area contributed by atoms with Crippen molar-refractivity contribution >= 4 is 6.09 Å². The van der Waals surface area contributed by atoms with Crippen molar-refractivity contribution in [3.05, 3.63) is 0 Å². The van der Waals surface area contributed by atoms with Crippen molar-refractivity contribution in [1.82, 2.24) is 4.90 Å². The Kier molecular flexibility index (Phi) is 2.92. The molecular weight excluding hydrogens is 158 g/mol. The number of cyclic esters (lactones) is 1. The molecule has 1 unspecified atom stereocenters. The smallest absolute Gasteiger partial charge is 0.410 e. The van der Waals surface area contributed by atoms with Gasteiger partial charge in [-0.15, -0.1) is 0 Å². The van der Waals surface area contributed by atoms with Gasteiger partial charge in [-0.05, 0) is 13.8 Å². The third-order valence-electron chi connectivity index (χ3n) is 2.01. The van der Waals surface area contributed by atoms with Gasteiger partial charge in [-0.3, -0.25) is 0 Å². The Bertz CT molecular complexity index is 170. The third kappa shape index (κ3) is 1.88. The van der Waals surface area contributed by atoms with Gasteiger partial charge in [-0.2, -0.15) is 0 Å². The van der Waals surface area contributed by atoms with Gasteiger partial charge in [0.2, 0.25) is 0 Å². The summed E-state index contributed by atoms with van der Waals surface area (Å²) in [7, 11) is 0. The number of aliphatic hydroxyl groups excluding tert-OH is 1. The molecule has 0 spiro atoms. The van der Waals surface area contributed by atoms with Crippen LogP contribution in [0.3, 0.4) is 0 Å². The fourth-order valence-corrected chi connectivity index (χ4v) is 1.21. The van der Waals surface area contributed by atoms with Crippen molar-refractivity contribution in [3.63, 3.8) is 0 Å². The highest BCUT2D eigenvalue weighted by Gasteiger charge is 2.28. The van der Waals surface area contributed by atoms with Crippen LogP contribution in [0.25, 0.3) is 0 Å². The summed E-state index contributed by atoms with van der Waals surface area (Å²) in [4.78, 5) is 12.7. The van der Waals surface area contributed by atoms with E-state index in [1.54, 1.807) is 4.90 Å². The van der Waals surface area contributed by atoms with Crippen molar-refractivity contribution in [1.29, 1.82) is 0 Å². The van der Waals surface area contributed by atoms with Gasteiger partial charge in [-0.1, -0.05) is 0 Å². The maximum atomic E-state index is 11.1. The number of nitrogens with zero attached hydrogens (tertiary/aromatic N) is 1. The molecule has 1 rings (SSSR count). The van der Waals surface area contributed by atoms with Crippen molar-refractivity contribution in [2.45, 2.75) is 19.9 Å². The summed E-state index contributed by atoms with van der Waals surface area (Å²) in [6.07, 6.45) is -0.269. The van der Waals surface area contributed by atoms with Gasteiger partial charge in [0.1, 0.15) is 0 Å². The molecule has 0 aromatic heterocycles. The van der Waals surface area contributed by atoms with Crippen LogP contribution in [0.1, 0.15) is 13.8 Å². The molecule has 0 aromatic carbocycles. The second-order valence-electron chi connectivity index (χ2n) is 3.37. The molecule has 1 aliphatic rings. The number of carbonyl (C=O) groups excluding carboxylic acids is 1. The van der Waals surface area contributed by atoms with Gasteiger partial charge in [0.05, 0.1) is 13.2 Å². The van der Waals surface area contributed by atoms with E-state index >= 15 is 0 Å². The summed E-state index contributed by atoms with van der Waals surface area (Å²) < 4.78 is 4.88. The van der Waals surface area contributed by atoms with Crippen LogP contribution in [-0.2, 0) is 4.74 Å². The van der Waals surface area contributed by atoms with Crippen LogP contribution in [0, 0.1) is 5.92 Å². The van der Waals surface area contributed by atoms with Crippen LogP contribution >= 0.6 is 0 Å². The largest absolute Gasteiger partial charge is 0.449 e. The molecule has 4 nitrogen and oxygen atoms in total. The minimum Gasteiger partial charge on any atom is -0.449 e. The number of carbonyl (C=O) groups is 1. The molecule has 0 bridgehead atoms. The zero-order valence-corrected chi connectivity index (χ0v) is 7.49. The van der Waals surface area contributed by atoms with Crippen LogP contribution in [0.4, 0.5) is 4.79 Å². The Hall–Kier alpha value is -0.770. The molecule has 1 saturated heterocycles. The number of amides is 1. The minimum absolute atomic E-state index is 0.0742. The van der Waals surface area contributed by atoms with Crippen LogP contribution in [0.5, 0.6) is 0 Å². The van der Waals surface area contributed by atoms with Gasteiger partial charge in [0.15, 0.2) is 0 Å². The fourth-order valence-electron chi connectivity index (χ4n) is 1.21. The topological polar surface area (TPSA) is 49.8 Å². The minimum atomic E-state index is -0.269. The van der Waals surface area contributed by atoms with Crippen molar-refractivity contribution < 1.29 is 14.6 Å². The van der Waals surface area contributed by atoms with Gasteiger partial charge >= 0.3 is 6.09 Å². The number of hydrogen-bond acceptors (Lipinski definition) is 3. The maximum absolute atomic E-state index is 11.1. The number of aliphatic hydroxyl groups is 1. The monoisotopic (exact) mass is 173 g/mol. The maximum Gasteiger partial charge on any atom is 0.410 e. The first-order chi connectivity index (χ1) is 5.65. The van der Waals surface area contributed by atoms with E-state index < -0.39 is 0 Å². The quantitative estimate of drug-likeness (QED) is 0.659. The molecule has 1 aliphatic heterocycles. The highest BCUT2D eigenvalue weighted by molar-refractivity contribution is 5.68. The molecule has 1 amide bonds. The molecule has 70 valence electrons. The second kappa shape index (κ2) is 3.76. The highest BCUT2D eigenvalue weighted by atomic mass is 16.6. The summed E-state index contributed by atoms with van der Waals surface area (Å²) in [6, 6.07) is 0.145. The van der Waals surface area contributed by atoms with E-state index in [1.807, 2.05) is 13.8 Å². The molecular formula is C8H15NO3. The average Bonchev–Trinajstić information content (AvgIpc) is 2.05. The molecule has 0 radical (unpaired) electrons.